The van der Waals surface area contributed by atoms with Crippen LogP contribution in [0.3, 0.4) is 0 Å². The second-order valence-corrected chi connectivity index (χ2v) is 9.11. The van der Waals surface area contributed by atoms with E-state index in [4.69, 9.17) is 12.2 Å². The first-order valence-corrected chi connectivity index (χ1v) is 10.4. The molecule has 2 amide bonds. The van der Waals surface area contributed by atoms with E-state index in [2.05, 4.69) is 63.5 Å². The van der Waals surface area contributed by atoms with Crippen LogP contribution < -0.4 is 10.2 Å². The first-order valence-electron chi connectivity index (χ1n) is 10.00. The summed E-state index contributed by atoms with van der Waals surface area (Å²) in [5.74, 6) is -0.473. The second kappa shape index (κ2) is 7.75. The van der Waals surface area contributed by atoms with Crippen LogP contribution in [-0.4, -0.2) is 40.0 Å². The van der Waals surface area contributed by atoms with Crippen molar-refractivity contribution < 1.29 is 9.59 Å². The smallest absolute Gasteiger partial charge is 0.265 e. The van der Waals surface area contributed by atoms with Crippen molar-refractivity contribution in [2.45, 2.75) is 58.5 Å². The Morgan fingerprint density at radius 1 is 1.34 bits per heavy atom. The topological polar surface area (TPSA) is 52.7 Å². The number of hydrogen-bond donors (Lipinski definition) is 1. The second-order valence-electron chi connectivity index (χ2n) is 8.72. The van der Waals surface area contributed by atoms with E-state index in [0.717, 1.165) is 12.0 Å². The number of nitrogens with zero attached hydrogens (tertiary/aromatic N) is 2. The van der Waals surface area contributed by atoms with Crippen molar-refractivity contribution in [1.82, 2.24) is 10.2 Å². The molecule has 154 valence electrons. The molecule has 0 aliphatic carbocycles. The highest BCUT2D eigenvalue weighted by molar-refractivity contribution is 7.80. The molecule has 0 radical (unpaired) electrons. The lowest BCUT2D eigenvalue weighted by atomic mass is 9.78. The first kappa shape index (κ1) is 21.2. The predicted octanol–water partition coefficient (Wildman–Crippen LogP) is 4.00. The van der Waals surface area contributed by atoms with Crippen LogP contribution in [0.25, 0.3) is 6.08 Å². The van der Waals surface area contributed by atoms with Gasteiger partial charge in [0.1, 0.15) is 5.57 Å². The molecule has 5 nitrogen and oxygen atoms in total. The van der Waals surface area contributed by atoms with Crippen molar-refractivity contribution in [2.24, 2.45) is 0 Å². The molecule has 0 aromatic heterocycles. The number of carbonyl (C=O) groups is 2. The van der Waals surface area contributed by atoms with Gasteiger partial charge in [-0.15, -0.1) is 6.58 Å². The van der Waals surface area contributed by atoms with Crippen LogP contribution in [0.5, 0.6) is 0 Å². The molecular weight excluding hydrogens is 382 g/mol. The maximum Gasteiger partial charge on any atom is 0.265 e. The average molecular weight is 412 g/mol. The summed E-state index contributed by atoms with van der Waals surface area (Å²) in [6.07, 6.45) is 4.28. The highest BCUT2D eigenvalue weighted by atomic mass is 32.1. The number of thiocarbonyl (C=S) groups is 1. The molecule has 2 aliphatic heterocycles. The number of rotatable bonds is 4. The summed E-state index contributed by atoms with van der Waals surface area (Å²) in [6.45, 7) is 15.1. The van der Waals surface area contributed by atoms with Gasteiger partial charge >= 0.3 is 0 Å². The zero-order valence-electron chi connectivity index (χ0n) is 17.8. The quantitative estimate of drug-likeness (QED) is 0.352. The van der Waals surface area contributed by atoms with Crippen molar-refractivity contribution in [3.8, 4) is 0 Å². The summed E-state index contributed by atoms with van der Waals surface area (Å²) in [4.78, 5) is 29.0. The molecule has 1 aromatic carbocycles. The fourth-order valence-corrected chi connectivity index (χ4v) is 4.94. The summed E-state index contributed by atoms with van der Waals surface area (Å²) in [5, 5.41) is 2.71. The Morgan fingerprint density at radius 3 is 2.66 bits per heavy atom. The van der Waals surface area contributed by atoms with Gasteiger partial charge in [0.25, 0.3) is 11.8 Å². The van der Waals surface area contributed by atoms with Crippen LogP contribution >= 0.6 is 12.2 Å². The van der Waals surface area contributed by atoms with Gasteiger partial charge in [-0.2, -0.15) is 0 Å². The van der Waals surface area contributed by atoms with Crippen LogP contribution in [0.2, 0.25) is 0 Å². The fourth-order valence-electron chi connectivity index (χ4n) is 4.69. The molecule has 0 spiro atoms. The third kappa shape index (κ3) is 3.86. The number of amides is 2. The van der Waals surface area contributed by atoms with E-state index in [9.17, 15) is 9.59 Å². The molecule has 1 N–H and O–H groups in total. The lowest BCUT2D eigenvalue weighted by Crippen LogP contribution is -2.53. The summed E-state index contributed by atoms with van der Waals surface area (Å²) in [6, 6.07) is 6.56. The Bertz CT molecular complexity index is 917. The van der Waals surface area contributed by atoms with Gasteiger partial charge in [-0.05, 0) is 81.6 Å². The highest BCUT2D eigenvalue weighted by Crippen LogP contribution is 2.44. The molecule has 1 aromatic rings. The molecule has 1 saturated heterocycles. The van der Waals surface area contributed by atoms with E-state index in [-0.39, 0.29) is 22.8 Å². The van der Waals surface area contributed by atoms with E-state index in [1.807, 2.05) is 6.07 Å². The normalized spacial score (nSPS) is 22.8. The number of benzene rings is 1. The van der Waals surface area contributed by atoms with Gasteiger partial charge in [0, 0.05) is 23.8 Å². The first-order chi connectivity index (χ1) is 13.6. The van der Waals surface area contributed by atoms with Gasteiger partial charge in [0.15, 0.2) is 5.11 Å². The van der Waals surface area contributed by atoms with E-state index in [1.165, 1.54) is 16.2 Å². The largest absolute Gasteiger partial charge is 0.364 e. The van der Waals surface area contributed by atoms with Crippen molar-refractivity contribution in [1.29, 1.82) is 0 Å². The third-order valence-corrected chi connectivity index (χ3v) is 5.95. The fraction of sp³-hybridized carbons (Fsp3) is 0.435. The van der Waals surface area contributed by atoms with Crippen LogP contribution in [0, 0.1) is 0 Å². The minimum Gasteiger partial charge on any atom is -0.364 e. The zero-order valence-corrected chi connectivity index (χ0v) is 18.6. The Balaban J connectivity index is 2.02. The maximum atomic E-state index is 12.8. The van der Waals surface area contributed by atoms with Crippen LogP contribution in [0.1, 0.15) is 58.1 Å². The summed E-state index contributed by atoms with van der Waals surface area (Å²) < 4.78 is 0. The van der Waals surface area contributed by atoms with Crippen molar-refractivity contribution >= 4 is 40.9 Å². The van der Waals surface area contributed by atoms with E-state index < -0.39 is 11.8 Å². The minimum atomic E-state index is -0.462. The Labute approximate surface area is 178 Å². The van der Waals surface area contributed by atoms with Crippen molar-refractivity contribution in [3.63, 3.8) is 0 Å². The van der Waals surface area contributed by atoms with Gasteiger partial charge in [0.05, 0.1) is 0 Å². The molecule has 6 heteroatoms. The SMILES string of the molecule is C=CCN1C(=O)/C(=C\c2ccc3c(c2)C(C)CC(C)(C)N3C(C)C)C(=O)NC1=S. The summed E-state index contributed by atoms with van der Waals surface area (Å²) in [5.41, 5.74) is 3.46. The molecule has 1 fully saturated rings. The van der Waals surface area contributed by atoms with Gasteiger partial charge < -0.3 is 4.90 Å². The molecule has 29 heavy (non-hydrogen) atoms. The molecule has 2 heterocycles. The molecule has 1 atom stereocenters. The van der Waals surface area contributed by atoms with Crippen LogP contribution in [0.4, 0.5) is 5.69 Å². The zero-order chi connectivity index (χ0) is 21.5. The number of fused-ring (bicyclic) bond motifs is 1. The van der Waals surface area contributed by atoms with E-state index >= 15 is 0 Å². The standard InChI is InChI=1S/C23H29N3O2S/c1-7-10-25-21(28)18(20(27)24-22(25)29)12-16-8-9-19-17(11-16)15(4)13-23(5,6)26(19)14(2)3/h7-9,11-12,14-15H,1,10,13H2,2-6H3,(H,24,27,29)/b18-12-. The number of carbonyl (C=O) groups excluding carboxylic acids is 2. The Kier molecular flexibility index (Phi) is 5.68. The van der Waals surface area contributed by atoms with Crippen LogP contribution in [-0.2, 0) is 9.59 Å². The molecule has 1 unspecified atom stereocenters. The molecule has 0 saturated carbocycles. The van der Waals surface area contributed by atoms with E-state index in [1.54, 1.807) is 12.2 Å². The molecule has 2 aliphatic rings. The lowest BCUT2D eigenvalue weighted by molar-refractivity contribution is -0.128. The van der Waals surface area contributed by atoms with Crippen molar-refractivity contribution in [2.75, 3.05) is 11.4 Å². The monoisotopic (exact) mass is 411 g/mol. The number of nitrogens with one attached hydrogen (secondary N) is 1. The van der Waals surface area contributed by atoms with Gasteiger partial charge in [0.2, 0.25) is 0 Å². The van der Waals surface area contributed by atoms with Gasteiger partial charge in [-0.3, -0.25) is 19.8 Å². The summed E-state index contributed by atoms with van der Waals surface area (Å²) >= 11 is 5.11. The van der Waals surface area contributed by atoms with Gasteiger partial charge in [-0.1, -0.05) is 19.1 Å². The maximum absolute atomic E-state index is 12.8. The lowest BCUT2D eigenvalue weighted by Gasteiger charge is -2.50. The minimum absolute atomic E-state index is 0.0701. The molecular formula is C23H29N3O2S. The van der Waals surface area contributed by atoms with Crippen molar-refractivity contribution in [3.05, 3.63) is 47.6 Å². The molecule has 0 bridgehead atoms. The third-order valence-electron chi connectivity index (χ3n) is 5.62. The van der Waals surface area contributed by atoms with Crippen LogP contribution in [0.15, 0.2) is 36.4 Å². The Morgan fingerprint density at radius 2 is 2.03 bits per heavy atom. The Hall–Kier alpha value is -2.47. The average Bonchev–Trinajstić information content (AvgIpc) is 2.61. The highest BCUT2D eigenvalue weighted by Gasteiger charge is 2.38. The summed E-state index contributed by atoms with van der Waals surface area (Å²) in [7, 11) is 0. The molecule has 3 rings (SSSR count). The number of hydrogen-bond acceptors (Lipinski definition) is 4. The van der Waals surface area contributed by atoms with E-state index in [0.29, 0.717) is 12.0 Å². The number of anilines is 1. The van der Waals surface area contributed by atoms with Gasteiger partial charge in [-0.25, -0.2) is 0 Å². The predicted molar refractivity (Wildman–Crippen MR) is 122 cm³/mol.